The van der Waals surface area contributed by atoms with E-state index in [0.29, 0.717) is 11.3 Å². The predicted octanol–water partition coefficient (Wildman–Crippen LogP) is 1.88. The summed E-state index contributed by atoms with van der Waals surface area (Å²) in [5.74, 6) is -1.41. The van der Waals surface area contributed by atoms with Crippen molar-refractivity contribution in [3.63, 3.8) is 0 Å². The highest BCUT2D eigenvalue weighted by atomic mass is 19.1. The van der Waals surface area contributed by atoms with Gasteiger partial charge >= 0.3 is 5.97 Å². The standard InChI is InChI=1S/C14H14FNO3/c1-8-13(14(18)19-2)11(7-12(17)16-8)9-3-5-10(15)6-4-9/h3-6,11H,7H2,1-2H3,(H,16,17)/t11-/m1/s1. The fourth-order valence-electron chi connectivity index (χ4n) is 2.26. The van der Waals surface area contributed by atoms with Gasteiger partial charge in [0.25, 0.3) is 0 Å². The maximum Gasteiger partial charge on any atom is 0.336 e. The lowest BCUT2D eigenvalue weighted by Crippen LogP contribution is -2.34. The van der Waals surface area contributed by atoms with Crippen molar-refractivity contribution in [2.45, 2.75) is 19.3 Å². The first kappa shape index (κ1) is 13.3. The summed E-state index contributed by atoms with van der Waals surface area (Å²) in [6, 6.07) is 5.78. The smallest absolute Gasteiger partial charge is 0.336 e. The zero-order valence-corrected chi connectivity index (χ0v) is 10.7. The summed E-state index contributed by atoms with van der Waals surface area (Å²) in [5.41, 5.74) is 1.61. The second kappa shape index (κ2) is 5.22. The normalized spacial score (nSPS) is 19.1. The summed E-state index contributed by atoms with van der Waals surface area (Å²) in [4.78, 5) is 23.4. The van der Waals surface area contributed by atoms with Crippen molar-refractivity contribution in [2.24, 2.45) is 0 Å². The third kappa shape index (κ3) is 2.65. The van der Waals surface area contributed by atoms with Gasteiger partial charge in [0, 0.05) is 18.0 Å². The van der Waals surface area contributed by atoms with Crippen LogP contribution in [0.5, 0.6) is 0 Å². The molecule has 0 fully saturated rings. The molecule has 1 aromatic carbocycles. The number of benzene rings is 1. The van der Waals surface area contributed by atoms with Crippen molar-refractivity contribution in [1.29, 1.82) is 0 Å². The van der Waals surface area contributed by atoms with Crippen LogP contribution in [-0.4, -0.2) is 19.0 Å². The average molecular weight is 263 g/mol. The van der Waals surface area contributed by atoms with Gasteiger partial charge in [0.2, 0.25) is 5.91 Å². The van der Waals surface area contributed by atoms with Crippen molar-refractivity contribution in [1.82, 2.24) is 5.32 Å². The van der Waals surface area contributed by atoms with Crippen LogP contribution in [0.15, 0.2) is 35.5 Å². The summed E-state index contributed by atoms with van der Waals surface area (Å²) in [6.07, 6.45) is 0.146. The molecule has 0 aliphatic carbocycles. The molecule has 1 amide bonds. The summed E-state index contributed by atoms with van der Waals surface area (Å²) in [7, 11) is 1.29. The molecule has 100 valence electrons. The number of hydrogen-bond donors (Lipinski definition) is 1. The number of nitrogens with one attached hydrogen (secondary N) is 1. The minimum absolute atomic E-state index is 0.146. The SMILES string of the molecule is COC(=O)C1=C(C)NC(=O)C[C@@H]1c1ccc(F)cc1. The fourth-order valence-corrected chi connectivity index (χ4v) is 2.26. The van der Waals surface area contributed by atoms with Gasteiger partial charge in [-0.1, -0.05) is 12.1 Å². The molecule has 1 N–H and O–H groups in total. The molecule has 4 nitrogen and oxygen atoms in total. The van der Waals surface area contributed by atoms with Crippen LogP contribution in [0, 0.1) is 5.82 Å². The number of ether oxygens (including phenoxy) is 1. The molecule has 0 aromatic heterocycles. The Labute approximate surface area is 110 Å². The highest BCUT2D eigenvalue weighted by molar-refractivity contribution is 5.95. The molecule has 1 aliphatic heterocycles. The topological polar surface area (TPSA) is 55.4 Å². The van der Waals surface area contributed by atoms with E-state index in [4.69, 9.17) is 4.74 Å². The van der Waals surface area contributed by atoms with Gasteiger partial charge in [-0.2, -0.15) is 0 Å². The predicted molar refractivity (Wildman–Crippen MR) is 66.6 cm³/mol. The minimum Gasteiger partial charge on any atom is -0.466 e. The summed E-state index contributed by atoms with van der Waals surface area (Å²) < 4.78 is 17.7. The van der Waals surface area contributed by atoms with Crippen LogP contribution in [-0.2, 0) is 14.3 Å². The third-order valence-corrected chi connectivity index (χ3v) is 3.15. The van der Waals surface area contributed by atoms with Gasteiger partial charge in [-0.25, -0.2) is 9.18 Å². The van der Waals surface area contributed by atoms with Gasteiger partial charge in [0.05, 0.1) is 12.7 Å². The number of esters is 1. The molecule has 1 atom stereocenters. The van der Waals surface area contributed by atoms with E-state index in [1.165, 1.54) is 19.2 Å². The van der Waals surface area contributed by atoms with Crippen LogP contribution < -0.4 is 5.32 Å². The van der Waals surface area contributed by atoms with Gasteiger partial charge in [0.15, 0.2) is 0 Å². The molecular formula is C14H14FNO3. The Balaban J connectivity index is 2.46. The highest BCUT2D eigenvalue weighted by Crippen LogP contribution is 2.33. The van der Waals surface area contributed by atoms with E-state index in [1.54, 1.807) is 19.1 Å². The monoisotopic (exact) mass is 263 g/mol. The maximum absolute atomic E-state index is 12.9. The summed E-state index contributed by atoms with van der Waals surface area (Å²) >= 11 is 0. The molecule has 19 heavy (non-hydrogen) atoms. The molecule has 0 spiro atoms. The van der Waals surface area contributed by atoms with Crippen LogP contribution in [0.4, 0.5) is 4.39 Å². The highest BCUT2D eigenvalue weighted by Gasteiger charge is 2.32. The lowest BCUT2D eigenvalue weighted by molar-refractivity contribution is -0.136. The van der Waals surface area contributed by atoms with Crippen molar-refractivity contribution in [3.05, 3.63) is 46.9 Å². The molecule has 5 heteroatoms. The Morgan fingerprint density at radius 2 is 2.00 bits per heavy atom. The van der Waals surface area contributed by atoms with Crippen LogP contribution >= 0.6 is 0 Å². The first-order chi connectivity index (χ1) is 9.02. The Morgan fingerprint density at radius 1 is 1.37 bits per heavy atom. The molecule has 1 heterocycles. The number of halogens is 1. The molecule has 0 saturated carbocycles. The van der Waals surface area contributed by atoms with Crippen molar-refractivity contribution in [2.75, 3.05) is 7.11 Å². The van der Waals surface area contributed by atoms with Gasteiger partial charge in [-0.05, 0) is 24.6 Å². The largest absolute Gasteiger partial charge is 0.466 e. The molecule has 0 radical (unpaired) electrons. The number of carbonyl (C=O) groups is 2. The van der Waals surface area contributed by atoms with E-state index in [0.717, 1.165) is 5.56 Å². The Morgan fingerprint density at radius 3 is 2.58 bits per heavy atom. The van der Waals surface area contributed by atoms with E-state index in [-0.39, 0.29) is 18.1 Å². The molecule has 1 aromatic rings. The number of carbonyl (C=O) groups excluding carboxylic acids is 2. The van der Waals surface area contributed by atoms with Crippen molar-refractivity contribution >= 4 is 11.9 Å². The fraction of sp³-hybridized carbons (Fsp3) is 0.286. The number of amides is 1. The first-order valence-corrected chi connectivity index (χ1v) is 5.87. The molecule has 0 saturated heterocycles. The van der Waals surface area contributed by atoms with Crippen LogP contribution in [0.1, 0.15) is 24.8 Å². The van der Waals surface area contributed by atoms with Gasteiger partial charge in [-0.15, -0.1) is 0 Å². The van der Waals surface area contributed by atoms with Crippen LogP contribution in [0.2, 0.25) is 0 Å². The number of hydrogen-bond acceptors (Lipinski definition) is 3. The van der Waals surface area contributed by atoms with Crippen molar-refractivity contribution in [3.8, 4) is 0 Å². The second-order valence-electron chi connectivity index (χ2n) is 4.39. The molecule has 2 rings (SSSR count). The quantitative estimate of drug-likeness (QED) is 0.829. The van der Waals surface area contributed by atoms with E-state index < -0.39 is 11.9 Å². The van der Waals surface area contributed by atoms with Gasteiger partial charge in [0.1, 0.15) is 5.82 Å². The van der Waals surface area contributed by atoms with E-state index >= 15 is 0 Å². The number of methoxy groups -OCH3 is 1. The van der Waals surface area contributed by atoms with Gasteiger partial charge in [-0.3, -0.25) is 4.79 Å². The zero-order chi connectivity index (χ0) is 14.0. The van der Waals surface area contributed by atoms with E-state index in [2.05, 4.69) is 5.32 Å². The summed E-state index contributed by atoms with van der Waals surface area (Å²) in [5, 5.41) is 2.62. The maximum atomic E-state index is 12.9. The third-order valence-electron chi connectivity index (χ3n) is 3.15. The summed E-state index contributed by atoms with van der Waals surface area (Å²) in [6.45, 7) is 1.65. The lowest BCUT2D eigenvalue weighted by atomic mass is 9.84. The Bertz CT molecular complexity index is 548. The molecular weight excluding hydrogens is 249 g/mol. The van der Waals surface area contributed by atoms with Gasteiger partial charge < -0.3 is 10.1 Å². The average Bonchev–Trinajstić information content (AvgIpc) is 2.38. The molecule has 0 bridgehead atoms. The van der Waals surface area contributed by atoms with E-state index in [9.17, 15) is 14.0 Å². The second-order valence-corrected chi connectivity index (χ2v) is 4.39. The number of rotatable bonds is 2. The Kier molecular flexibility index (Phi) is 3.64. The Hall–Kier alpha value is -2.17. The molecule has 1 aliphatic rings. The first-order valence-electron chi connectivity index (χ1n) is 5.87. The van der Waals surface area contributed by atoms with E-state index in [1.807, 2.05) is 0 Å². The molecule has 0 unspecified atom stereocenters. The van der Waals surface area contributed by atoms with Crippen LogP contribution in [0.25, 0.3) is 0 Å². The minimum atomic E-state index is -0.480. The lowest BCUT2D eigenvalue weighted by Gasteiger charge is -2.26. The van der Waals surface area contributed by atoms with Crippen molar-refractivity contribution < 1.29 is 18.7 Å². The van der Waals surface area contributed by atoms with Crippen LogP contribution in [0.3, 0.4) is 0 Å². The number of allylic oxidation sites excluding steroid dienone is 1. The zero-order valence-electron chi connectivity index (χ0n) is 10.7.